The Bertz CT molecular complexity index is 548. The fourth-order valence-electron chi connectivity index (χ4n) is 2.42. The number of carbonyl (C=O) groups is 2. The van der Waals surface area contributed by atoms with Crippen LogP contribution in [0.4, 0.5) is 5.69 Å². The molecule has 2 rings (SSSR count). The first-order valence-corrected chi connectivity index (χ1v) is 7.16. The topological polar surface area (TPSA) is 69.6 Å². The Hall–Kier alpha value is -1.72. The zero-order valence-corrected chi connectivity index (χ0v) is 12.7. The van der Waals surface area contributed by atoms with E-state index in [4.69, 9.17) is 0 Å². The number of β-amino-alcohol motifs (C(OH)–C–C–N with tert-alkyl or cyclic N) is 1. The molecular weight excluding hydrogens is 268 g/mol. The first-order valence-electron chi connectivity index (χ1n) is 7.16. The van der Waals surface area contributed by atoms with Crippen molar-refractivity contribution in [3.8, 4) is 0 Å². The third-order valence-electron chi connectivity index (χ3n) is 3.99. The van der Waals surface area contributed by atoms with E-state index in [1.807, 2.05) is 18.7 Å². The molecule has 5 nitrogen and oxygen atoms in total. The van der Waals surface area contributed by atoms with Crippen molar-refractivity contribution in [3.63, 3.8) is 0 Å². The number of Topliss-reactive ketones (excluding diaryl/α,β-unsaturated/α-hetero) is 1. The van der Waals surface area contributed by atoms with Crippen LogP contribution in [0.15, 0.2) is 24.3 Å². The predicted octanol–water partition coefficient (Wildman–Crippen LogP) is 1.53. The van der Waals surface area contributed by atoms with Crippen LogP contribution in [0.5, 0.6) is 0 Å². The molecule has 0 unspecified atom stereocenters. The highest BCUT2D eigenvalue weighted by atomic mass is 16.3. The average molecular weight is 290 g/mol. The van der Waals surface area contributed by atoms with E-state index in [2.05, 4.69) is 5.32 Å². The van der Waals surface area contributed by atoms with Crippen LogP contribution in [-0.2, 0) is 4.79 Å². The molecule has 1 aliphatic heterocycles. The standard InChI is InChI=1S/C16H22N2O3/c1-11(2)16(21)9-18(10-16)8-15(20)17-14-6-4-5-13(7-14)12(3)19/h4-7,11,21H,8-10H2,1-3H3,(H,17,20). The lowest BCUT2D eigenvalue weighted by Crippen LogP contribution is -2.65. The number of anilines is 1. The Morgan fingerprint density at radius 3 is 2.62 bits per heavy atom. The minimum atomic E-state index is -0.672. The number of hydrogen-bond donors (Lipinski definition) is 2. The quantitative estimate of drug-likeness (QED) is 0.807. The van der Waals surface area contributed by atoms with Gasteiger partial charge in [-0.15, -0.1) is 0 Å². The summed E-state index contributed by atoms with van der Waals surface area (Å²) in [6.45, 7) is 6.74. The molecule has 1 fully saturated rings. The molecule has 2 N–H and O–H groups in total. The maximum atomic E-state index is 12.0. The zero-order chi connectivity index (χ0) is 15.6. The molecule has 0 aliphatic carbocycles. The Morgan fingerprint density at radius 1 is 1.38 bits per heavy atom. The second-order valence-electron chi connectivity index (χ2n) is 6.09. The van der Waals surface area contributed by atoms with Crippen LogP contribution in [0.3, 0.4) is 0 Å². The molecule has 1 aromatic carbocycles. The van der Waals surface area contributed by atoms with Crippen LogP contribution in [-0.4, -0.2) is 46.9 Å². The van der Waals surface area contributed by atoms with Gasteiger partial charge in [-0.05, 0) is 25.0 Å². The highest BCUT2D eigenvalue weighted by Crippen LogP contribution is 2.28. The van der Waals surface area contributed by atoms with E-state index in [9.17, 15) is 14.7 Å². The van der Waals surface area contributed by atoms with E-state index in [0.29, 0.717) is 24.3 Å². The first-order chi connectivity index (χ1) is 9.80. The van der Waals surface area contributed by atoms with E-state index in [1.54, 1.807) is 24.3 Å². The number of likely N-dealkylation sites (tertiary alicyclic amines) is 1. The maximum Gasteiger partial charge on any atom is 0.238 e. The molecule has 0 saturated carbocycles. The fourth-order valence-corrected chi connectivity index (χ4v) is 2.42. The summed E-state index contributed by atoms with van der Waals surface area (Å²) >= 11 is 0. The molecule has 21 heavy (non-hydrogen) atoms. The van der Waals surface area contributed by atoms with Gasteiger partial charge >= 0.3 is 0 Å². The van der Waals surface area contributed by atoms with Gasteiger partial charge in [0, 0.05) is 24.3 Å². The lowest BCUT2D eigenvalue weighted by molar-refractivity contribution is -0.139. The Labute approximate surface area is 125 Å². The van der Waals surface area contributed by atoms with Crippen LogP contribution < -0.4 is 5.32 Å². The normalized spacial score (nSPS) is 17.4. The van der Waals surface area contributed by atoms with Gasteiger partial charge in [0.05, 0.1) is 12.1 Å². The number of carbonyl (C=O) groups excluding carboxylic acids is 2. The van der Waals surface area contributed by atoms with Gasteiger partial charge in [0.15, 0.2) is 5.78 Å². The van der Waals surface area contributed by atoms with Crippen LogP contribution >= 0.6 is 0 Å². The highest BCUT2D eigenvalue weighted by molar-refractivity contribution is 5.97. The summed E-state index contributed by atoms with van der Waals surface area (Å²) in [4.78, 5) is 25.2. The molecule has 1 aliphatic rings. The molecule has 1 amide bonds. The number of hydrogen-bond acceptors (Lipinski definition) is 4. The predicted molar refractivity (Wildman–Crippen MR) is 81.3 cm³/mol. The van der Waals surface area contributed by atoms with Gasteiger partial charge in [-0.3, -0.25) is 14.5 Å². The number of amides is 1. The molecule has 0 radical (unpaired) electrons. The molecular formula is C16H22N2O3. The summed E-state index contributed by atoms with van der Waals surface area (Å²) in [6.07, 6.45) is 0. The minimum absolute atomic E-state index is 0.0316. The van der Waals surface area contributed by atoms with Gasteiger partial charge in [-0.2, -0.15) is 0 Å². The van der Waals surface area contributed by atoms with Crippen molar-refractivity contribution in [1.82, 2.24) is 4.90 Å². The summed E-state index contributed by atoms with van der Waals surface area (Å²) in [5.41, 5.74) is 0.521. The molecule has 1 saturated heterocycles. The van der Waals surface area contributed by atoms with Crippen LogP contribution in [0.1, 0.15) is 31.1 Å². The summed E-state index contributed by atoms with van der Waals surface area (Å²) in [7, 11) is 0. The van der Waals surface area contributed by atoms with E-state index in [1.165, 1.54) is 6.92 Å². The monoisotopic (exact) mass is 290 g/mol. The Kier molecular flexibility index (Phi) is 4.44. The van der Waals surface area contributed by atoms with Crippen LogP contribution in [0.2, 0.25) is 0 Å². The van der Waals surface area contributed by atoms with E-state index < -0.39 is 5.60 Å². The van der Waals surface area contributed by atoms with Crippen molar-refractivity contribution in [1.29, 1.82) is 0 Å². The van der Waals surface area contributed by atoms with Crippen LogP contribution in [0, 0.1) is 5.92 Å². The largest absolute Gasteiger partial charge is 0.387 e. The van der Waals surface area contributed by atoms with Crippen molar-refractivity contribution in [2.24, 2.45) is 5.92 Å². The molecule has 114 valence electrons. The second kappa shape index (κ2) is 5.95. The summed E-state index contributed by atoms with van der Waals surface area (Å²) in [5.74, 6) is 0.0152. The lowest BCUT2D eigenvalue weighted by Gasteiger charge is -2.48. The van der Waals surface area contributed by atoms with E-state index in [-0.39, 0.29) is 24.2 Å². The van der Waals surface area contributed by atoms with E-state index in [0.717, 1.165) is 0 Å². The Morgan fingerprint density at radius 2 is 2.05 bits per heavy atom. The third-order valence-corrected chi connectivity index (χ3v) is 3.99. The van der Waals surface area contributed by atoms with Crippen molar-refractivity contribution in [3.05, 3.63) is 29.8 Å². The number of nitrogens with zero attached hydrogens (tertiary/aromatic N) is 1. The summed E-state index contributed by atoms with van der Waals surface area (Å²) in [5, 5.41) is 12.9. The zero-order valence-electron chi connectivity index (χ0n) is 12.7. The molecule has 0 atom stereocenters. The van der Waals surface area contributed by atoms with Gasteiger partial charge < -0.3 is 10.4 Å². The first kappa shape index (κ1) is 15.7. The van der Waals surface area contributed by atoms with Crippen molar-refractivity contribution in [2.45, 2.75) is 26.4 Å². The fraction of sp³-hybridized carbons (Fsp3) is 0.500. The minimum Gasteiger partial charge on any atom is -0.387 e. The van der Waals surface area contributed by atoms with Gasteiger partial charge in [0.1, 0.15) is 0 Å². The van der Waals surface area contributed by atoms with Crippen molar-refractivity contribution < 1.29 is 14.7 Å². The molecule has 0 aromatic heterocycles. The number of benzene rings is 1. The van der Waals surface area contributed by atoms with E-state index >= 15 is 0 Å². The molecule has 1 aromatic rings. The summed E-state index contributed by atoms with van der Waals surface area (Å²) in [6, 6.07) is 6.88. The Balaban J connectivity index is 1.86. The van der Waals surface area contributed by atoms with Gasteiger partial charge in [0.2, 0.25) is 5.91 Å². The molecule has 0 bridgehead atoms. The van der Waals surface area contributed by atoms with Gasteiger partial charge in [0.25, 0.3) is 0 Å². The molecule has 1 heterocycles. The second-order valence-corrected chi connectivity index (χ2v) is 6.09. The number of ketones is 1. The number of rotatable bonds is 5. The average Bonchev–Trinajstić information content (AvgIpc) is 2.36. The molecule has 0 spiro atoms. The molecule has 5 heteroatoms. The van der Waals surface area contributed by atoms with Crippen LogP contribution in [0.25, 0.3) is 0 Å². The van der Waals surface area contributed by atoms with Crippen molar-refractivity contribution >= 4 is 17.4 Å². The maximum absolute atomic E-state index is 12.0. The smallest absolute Gasteiger partial charge is 0.238 e. The number of nitrogens with one attached hydrogen (secondary N) is 1. The highest BCUT2D eigenvalue weighted by Gasteiger charge is 2.43. The van der Waals surface area contributed by atoms with Crippen molar-refractivity contribution in [2.75, 3.05) is 25.0 Å². The lowest BCUT2D eigenvalue weighted by atomic mass is 9.83. The number of aliphatic hydroxyl groups is 1. The SMILES string of the molecule is CC(=O)c1cccc(NC(=O)CN2CC(O)(C(C)C)C2)c1. The van der Waals surface area contributed by atoms with Gasteiger partial charge in [-0.25, -0.2) is 0 Å². The van der Waals surface area contributed by atoms with Gasteiger partial charge in [-0.1, -0.05) is 26.0 Å². The third kappa shape index (κ3) is 3.68. The summed E-state index contributed by atoms with van der Waals surface area (Å²) < 4.78 is 0.